The fourth-order valence-corrected chi connectivity index (χ4v) is 3.79. The highest BCUT2D eigenvalue weighted by Gasteiger charge is 2.15. The highest BCUT2D eigenvalue weighted by molar-refractivity contribution is 5.73. The lowest BCUT2D eigenvalue weighted by Crippen LogP contribution is -2.10. The van der Waals surface area contributed by atoms with Crippen molar-refractivity contribution in [1.29, 1.82) is 0 Å². The fourth-order valence-electron chi connectivity index (χ4n) is 3.79. The number of hydrogen-bond donors (Lipinski definition) is 1. The van der Waals surface area contributed by atoms with Crippen LogP contribution in [0.1, 0.15) is 16.8 Å². The Morgan fingerprint density at radius 3 is 2.42 bits per heavy atom. The minimum atomic E-state index is -0.0980. The molecule has 0 aliphatic carbocycles. The van der Waals surface area contributed by atoms with E-state index in [0.29, 0.717) is 6.54 Å². The molecule has 1 aromatic heterocycles. The van der Waals surface area contributed by atoms with Gasteiger partial charge in [-0.25, -0.2) is 9.97 Å². The zero-order chi connectivity index (χ0) is 21.4. The van der Waals surface area contributed by atoms with Crippen LogP contribution in [0.3, 0.4) is 0 Å². The number of aromatic nitrogens is 4. The number of hydrogen-bond acceptors (Lipinski definition) is 3. The zero-order valence-electron chi connectivity index (χ0n) is 17.5. The van der Waals surface area contributed by atoms with Gasteiger partial charge in [-0.3, -0.25) is 4.79 Å². The van der Waals surface area contributed by atoms with Gasteiger partial charge in [0, 0.05) is 29.7 Å². The second-order valence-electron chi connectivity index (χ2n) is 7.87. The molecule has 2 aliphatic rings. The van der Waals surface area contributed by atoms with Crippen molar-refractivity contribution < 1.29 is 0 Å². The fraction of sp³-hybridized carbons (Fsp3) is 0.115. The van der Waals surface area contributed by atoms with Gasteiger partial charge in [0.05, 0.1) is 12.2 Å². The van der Waals surface area contributed by atoms with Gasteiger partial charge < -0.3 is 9.55 Å². The first-order valence-electron chi connectivity index (χ1n) is 10.2. The summed E-state index contributed by atoms with van der Waals surface area (Å²) < 4.78 is 2.00. The van der Waals surface area contributed by atoms with E-state index >= 15 is 0 Å². The van der Waals surface area contributed by atoms with Crippen molar-refractivity contribution in [2.75, 3.05) is 0 Å². The molecule has 0 saturated carbocycles. The number of pyridine rings is 2. The van der Waals surface area contributed by atoms with E-state index < -0.39 is 0 Å². The first kappa shape index (κ1) is 19.0. The van der Waals surface area contributed by atoms with Crippen molar-refractivity contribution in [3.63, 3.8) is 0 Å². The largest absolute Gasteiger partial charge is 0.346 e. The Morgan fingerprint density at radius 1 is 0.871 bits per heavy atom. The van der Waals surface area contributed by atoms with Crippen molar-refractivity contribution in [1.82, 2.24) is 19.5 Å². The highest BCUT2D eigenvalue weighted by atomic mass is 16.1. The quantitative estimate of drug-likeness (QED) is 0.453. The van der Waals surface area contributed by atoms with Crippen molar-refractivity contribution in [3.05, 3.63) is 106 Å². The molecule has 0 amide bonds. The topological polar surface area (TPSA) is 63.6 Å². The lowest BCUT2D eigenvalue weighted by Gasteiger charge is -2.07. The van der Waals surface area contributed by atoms with Gasteiger partial charge in [0.2, 0.25) is 5.56 Å². The number of rotatable bonds is 4. The summed E-state index contributed by atoms with van der Waals surface area (Å²) in [6.45, 7) is 4.76. The standard InChI is InChI=1S/C26H22N4O/c1-17-6-8-19(9-7-17)20-10-11-22(18(2)14-20)26-28-23-12-13-30(16-24(23)29-26)15-21-4-3-5-25(31)27-21/h3-14,16H,15H2,1-2H3,(H,27,31). The molecule has 3 aromatic rings. The molecule has 0 bridgehead atoms. The summed E-state index contributed by atoms with van der Waals surface area (Å²) in [5, 5.41) is 0. The van der Waals surface area contributed by atoms with Gasteiger partial charge in [0.25, 0.3) is 0 Å². The van der Waals surface area contributed by atoms with E-state index in [1.54, 1.807) is 6.07 Å². The Hall–Kier alpha value is -3.99. The third-order valence-corrected chi connectivity index (χ3v) is 5.46. The maximum absolute atomic E-state index is 11.5. The van der Waals surface area contributed by atoms with Gasteiger partial charge in [-0.2, -0.15) is 0 Å². The summed E-state index contributed by atoms with van der Waals surface area (Å²) in [5.41, 5.74) is 8.26. The Bertz CT molecular complexity index is 1400. The number of nitrogens with zero attached hydrogens (tertiary/aromatic N) is 3. The second kappa shape index (κ2) is 7.69. The number of fused-ring (bicyclic) bond motifs is 1. The summed E-state index contributed by atoms with van der Waals surface area (Å²) in [4.78, 5) is 23.9. The van der Waals surface area contributed by atoms with Gasteiger partial charge >= 0.3 is 0 Å². The van der Waals surface area contributed by atoms with Crippen molar-refractivity contribution >= 4 is 0 Å². The van der Waals surface area contributed by atoms with Gasteiger partial charge in [-0.05, 0) is 42.7 Å². The number of nitrogens with one attached hydrogen (secondary N) is 1. The van der Waals surface area contributed by atoms with E-state index in [1.807, 2.05) is 29.1 Å². The molecule has 0 saturated heterocycles. The van der Waals surface area contributed by atoms with Crippen LogP contribution in [-0.2, 0) is 6.54 Å². The Labute approximate surface area is 180 Å². The molecule has 1 N–H and O–H groups in total. The summed E-state index contributed by atoms with van der Waals surface area (Å²) in [6, 6.07) is 22.1. The molecular weight excluding hydrogens is 384 g/mol. The molecule has 5 rings (SSSR count). The average molecular weight is 406 g/mol. The minimum Gasteiger partial charge on any atom is -0.346 e. The third kappa shape index (κ3) is 3.90. The Morgan fingerprint density at radius 2 is 1.65 bits per heavy atom. The van der Waals surface area contributed by atoms with Crippen LogP contribution < -0.4 is 5.56 Å². The first-order valence-corrected chi connectivity index (χ1v) is 10.2. The molecule has 5 heteroatoms. The van der Waals surface area contributed by atoms with E-state index in [1.165, 1.54) is 22.8 Å². The molecule has 2 aliphatic heterocycles. The lowest BCUT2D eigenvalue weighted by atomic mass is 9.99. The van der Waals surface area contributed by atoms with Crippen LogP contribution >= 0.6 is 0 Å². The summed E-state index contributed by atoms with van der Waals surface area (Å²) in [5.74, 6) is 0.730. The normalized spacial score (nSPS) is 11.2. The van der Waals surface area contributed by atoms with E-state index in [4.69, 9.17) is 9.97 Å². The number of H-pyrrole nitrogens is 1. The van der Waals surface area contributed by atoms with Crippen LogP contribution in [0.15, 0.2) is 83.9 Å². The number of aromatic amines is 1. The molecule has 0 unspecified atom stereocenters. The average Bonchev–Trinajstić information content (AvgIpc) is 3.17. The van der Waals surface area contributed by atoms with Crippen LogP contribution in [0.2, 0.25) is 0 Å². The van der Waals surface area contributed by atoms with E-state index in [-0.39, 0.29) is 5.56 Å². The van der Waals surface area contributed by atoms with E-state index in [0.717, 1.165) is 34.0 Å². The van der Waals surface area contributed by atoms with Gasteiger partial charge in [-0.15, -0.1) is 0 Å². The minimum absolute atomic E-state index is 0.0980. The third-order valence-electron chi connectivity index (χ3n) is 5.46. The molecule has 3 heterocycles. The molecule has 0 radical (unpaired) electrons. The Kier molecular flexibility index (Phi) is 4.71. The smallest absolute Gasteiger partial charge is 0.248 e. The van der Waals surface area contributed by atoms with Gasteiger partial charge in [-0.1, -0.05) is 54.1 Å². The lowest BCUT2D eigenvalue weighted by molar-refractivity contribution is 0.763. The van der Waals surface area contributed by atoms with Crippen LogP contribution in [0, 0.1) is 13.8 Å². The Balaban J connectivity index is 1.46. The molecular formula is C26H22N4O. The van der Waals surface area contributed by atoms with Crippen LogP contribution in [0.4, 0.5) is 0 Å². The van der Waals surface area contributed by atoms with Crippen molar-refractivity contribution in [3.8, 4) is 33.9 Å². The van der Waals surface area contributed by atoms with E-state index in [2.05, 4.69) is 61.3 Å². The number of benzene rings is 2. The van der Waals surface area contributed by atoms with Gasteiger partial charge in [0.1, 0.15) is 5.69 Å². The molecule has 152 valence electrons. The van der Waals surface area contributed by atoms with Gasteiger partial charge in [0.15, 0.2) is 5.82 Å². The molecule has 31 heavy (non-hydrogen) atoms. The van der Waals surface area contributed by atoms with Crippen LogP contribution in [0.25, 0.3) is 33.9 Å². The predicted molar refractivity (Wildman–Crippen MR) is 123 cm³/mol. The van der Waals surface area contributed by atoms with Crippen LogP contribution in [-0.4, -0.2) is 19.5 Å². The molecule has 0 spiro atoms. The molecule has 2 aromatic carbocycles. The number of imidazole rings is 1. The van der Waals surface area contributed by atoms with E-state index in [9.17, 15) is 4.79 Å². The molecule has 5 nitrogen and oxygen atoms in total. The maximum Gasteiger partial charge on any atom is 0.248 e. The van der Waals surface area contributed by atoms with Crippen molar-refractivity contribution in [2.24, 2.45) is 0 Å². The first-order chi connectivity index (χ1) is 15.0. The second-order valence-corrected chi connectivity index (χ2v) is 7.87. The predicted octanol–water partition coefficient (Wildman–Crippen LogP) is 5.07. The summed E-state index contributed by atoms with van der Waals surface area (Å²) >= 11 is 0. The molecule has 0 fully saturated rings. The summed E-state index contributed by atoms with van der Waals surface area (Å²) in [6.07, 6.45) is 3.92. The summed E-state index contributed by atoms with van der Waals surface area (Å²) in [7, 11) is 0. The van der Waals surface area contributed by atoms with Crippen molar-refractivity contribution in [2.45, 2.75) is 20.4 Å². The maximum atomic E-state index is 11.5. The number of aryl methyl sites for hydroxylation is 2. The highest BCUT2D eigenvalue weighted by Crippen LogP contribution is 2.30. The zero-order valence-corrected chi connectivity index (χ0v) is 17.5. The monoisotopic (exact) mass is 406 g/mol. The SMILES string of the molecule is Cc1ccc(-c2ccc(-c3nc4ccn(Cc5cccc(=O)[nH]5)cc-4n3)c(C)c2)cc1. The van der Waals surface area contributed by atoms with Crippen LogP contribution in [0.5, 0.6) is 0 Å². The molecule has 0 atom stereocenters.